The van der Waals surface area contributed by atoms with Gasteiger partial charge in [0.1, 0.15) is 0 Å². The van der Waals surface area contributed by atoms with Crippen molar-refractivity contribution in [3.05, 3.63) is 22.8 Å². The lowest BCUT2D eigenvalue weighted by Crippen LogP contribution is -2.24. The van der Waals surface area contributed by atoms with Crippen LogP contribution in [-0.4, -0.2) is 31.7 Å². The molecule has 1 heterocycles. The van der Waals surface area contributed by atoms with E-state index >= 15 is 0 Å². The average Bonchev–Trinajstić information content (AvgIpc) is 2.31. The van der Waals surface area contributed by atoms with Gasteiger partial charge in [-0.1, -0.05) is 13.8 Å². The molecule has 0 fully saturated rings. The van der Waals surface area contributed by atoms with E-state index in [1.165, 1.54) is 0 Å². The largest absolute Gasteiger partial charge is 0.315 e. The third-order valence-corrected chi connectivity index (χ3v) is 4.37. The minimum atomic E-state index is -3.33. The van der Waals surface area contributed by atoms with Gasteiger partial charge in [-0.2, -0.15) is 0 Å². The van der Waals surface area contributed by atoms with Gasteiger partial charge >= 0.3 is 0 Å². The van der Waals surface area contributed by atoms with Gasteiger partial charge in [0.2, 0.25) is 10.0 Å². The van der Waals surface area contributed by atoms with Crippen LogP contribution in [-0.2, 0) is 10.0 Å². The predicted molar refractivity (Wildman–Crippen MR) is 81.7 cm³/mol. The topological polar surface area (TPSA) is 71.1 Å². The molecule has 0 amide bonds. The fraction of sp³-hybridized carbons (Fsp3) is 0.583. The van der Waals surface area contributed by atoms with Crippen molar-refractivity contribution >= 4 is 31.8 Å². The number of nitrogens with zero attached hydrogens (tertiary/aromatic N) is 1. The zero-order valence-corrected chi connectivity index (χ0v) is 13.6. The molecule has 0 saturated heterocycles. The normalized spacial score (nSPS) is 11.8. The third kappa shape index (κ3) is 6.89. The Morgan fingerprint density at radius 3 is 2.74 bits per heavy atom. The van der Waals surface area contributed by atoms with Gasteiger partial charge in [-0.3, -0.25) is 4.72 Å². The Bertz CT molecular complexity index is 492. The Labute approximate surface area is 123 Å². The molecule has 0 radical (unpaired) electrons. The molecule has 1 aromatic rings. The summed E-state index contributed by atoms with van der Waals surface area (Å²) in [5.74, 6) is 0.443. The molecule has 0 spiro atoms. The molecule has 0 atom stereocenters. The molecular formula is C12H20BrN3O2S. The lowest BCUT2D eigenvalue weighted by atomic mass is 10.3. The number of nitrogens with one attached hydrogen (secondary N) is 2. The first-order valence-corrected chi connectivity index (χ1v) is 8.69. The van der Waals surface area contributed by atoms with Crippen LogP contribution in [0.3, 0.4) is 0 Å². The van der Waals surface area contributed by atoms with Crippen LogP contribution in [0.1, 0.15) is 26.7 Å². The fourth-order valence-electron chi connectivity index (χ4n) is 1.47. The van der Waals surface area contributed by atoms with Crippen molar-refractivity contribution in [1.82, 2.24) is 10.3 Å². The first-order valence-electron chi connectivity index (χ1n) is 6.25. The summed E-state index contributed by atoms with van der Waals surface area (Å²) in [6, 6.07) is 3.91. The van der Waals surface area contributed by atoms with Crippen molar-refractivity contribution in [3.63, 3.8) is 0 Å². The van der Waals surface area contributed by atoms with E-state index < -0.39 is 10.0 Å². The van der Waals surface area contributed by atoms with Crippen LogP contribution in [0, 0.1) is 0 Å². The van der Waals surface area contributed by atoms with Crippen LogP contribution in [0.5, 0.6) is 0 Å². The van der Waals surface area contributed by atoms with Crippen LogP contribution >= 0.6 is 15.9 Å². The summed E-state index contributed by atoms with van der Waals surface area (Å²) < 4.78 is 26.8. The molecular weight excluding hydrogens is 330 g/mol. The number of anilines is 1. The summed E-state index contributed by atoms with van der Waals surface area (Å²) in [5, 5.41) is 3.26. The molecule has 1 rings (SSSR count). The Kier molecular flexibility index (Phi) is 6.74. The Morgan fingerprint density at radius 2 is 2.11 bits per heavy atom. The van der Waals surface area contributed by atoms with E-state index in [0.717, 1.165) is 13.0 Å². The van der Waals surface area contributed by atoms with Gasteiger partial charge in [-0.15, -0.1) is 0 Å². The smallest absolute Gasteiger partial charge is 0.233 e. The number of pyridine rings is 1. The molecule has 0 bridgehead atoms. The van der Waals surface area contributed by atoms with Crippen LogP contribution in [0.2, 0.25) is 0 Å². The zero-order chi connectivity index (χ0) is 14.3. The molecule has 0 aliphatic carbocycles. The number of hydrogen-bond donors (Lipinski definition) is 2. The molecule has 0 unspecified atom stereocenters. The number of sulfonamides is 1. The van der Waals surface area contributed by atoms with Crippen molar-refractivity contribution in [3.8, 4) is 0 Å². The molecule has 0 saturated carbocycles. The maximum atomic E-state index is 11.9. The Morgan fingerprint density at radius 1 is 1.37 bits per heavy atom. The summed E-state index contributed by atoms with van der Waals surface area (Å²) >= 11 is 3.26. The maximum absolute atomic E-state index is 11.9. The van der Waals surface area contributed by atoms with Crippen LogP contribution < -0.4 is 10.0 Å². The molecule has 0 aliphatic heterocycles. The zero-order valence-electron chi connectivity index (χ0n) is 11.2. The van der Waals surface area contributed by atoms with E-state index in [0.29, 0.717) is 22.8 Å². The SMILES string of the molecule is CC(C)NCCCCS(=O)(=O)Nc1ncccc1Br. The standard InChI is InChI=1S/C12H20BrN3O2S/c1-10(2)14-7-3-4-9-19(17,18)16-12-11(13)6-5-8-15-12/h5-6,8,10,14H,3-4,7,9H2,1-2H3,(H,15,16). The van der Waals surface area contributed by atoms with Crippen molar-refractivity contribution in [2.75, 3.05) is 17.0 Å². The number of rotatable bonds is 8. The van der Waals surface area contributed by atoms with E-state index in [9.17, 15) is 8.42 Å². The second-order valence-electron chi connectivity index (χ2n) is 4.57. The highest BCUT2D eigenvalue weighted by atomic mass is 79.9. The minimum absolute atomic E-state index is 0.107. The van der Waals surface area contributed by atoms with Crippen LogP contribution in [0.25, 0.3) is 0 Å². The Balaban J connectivity index is 2.38. The monoisotopic (exact) mass is 349 g/mol. The number of unbranched alkanes of at least 4 members (excludes halogenated alkanes) is 1. The maximum Gasteiger partial charge on any atom is 0.233 e. The van der Waals surface area contributed by atoms with Crippen LogP contribution in [0.4, 0.5) is 5.82 Å². The van der Waals surface area contributed by atoms with E-state index in [1.54, 1.807) is 18.3 Å². The number of halogens is 1. The van der Waals surface area contributed by atoms with Crippen molar-refractivity contribution in [2.45, 2.75) is 32.7 Å². The molecule has 7 heteroatoms. The van der Waals surface area contributed by atoms with E-state index in [1.807, 2.05) is 0 Å². The summed E-state index contributed by atoms with van der Waals surface area (Å²) in [4.78, 5) is 3.98. The highest BCUT2D eigenvalue weighted by Crippen LogP contribution is 2.19. The first kappa shape index (κ1) is 16.4. The highest BCUT2D eigenvalue weighted by Gasteiger charge is 2.12. The van der Waals surface area contributed by atoms with Gasteiger partial charge in [-0.05, 0) is 47.4 Å². The van der Waals surface area contributed by atoms with Crippen LogP contribution in [0.15, 0.2) is 22.8 Å². The average molecular weight is 350 g/mol. The van der Waals surface area contributed by atoms with Crippen molar-refractivity contribution in [1.29, 1.82) is 0 Å². The van der Waals surface area contributed by atoms with E-state index in [-0.39, 0.29) is 5.75 Å². The van der Waals surface area contributed by atoms with Gasteiger partial charge in [0.15, 0.2) is 5.82 Å². The molecule has 1 aromatic heterocycles. The Hall–Kier alpha value is -0.660. The number of aromatic nitrogens is 1. The lowest BCUT2D eigenvalue weighted by molar-refractivity contribution is 0.561. The first-order chi connectivity index (χ1) is 8.91. The third-order valence-electron chi connectivity index (χ3n) is 2.40. The van der Waals surface area contributed by atoms with Gasteiger partial charge in [0, 0.05) is 12.2 Å². The highest BCUT2D eigenvalue weighted by molar-refractivity contribution is 9.10. The fourth-order valence-corrected chi connectivity index (χ4v) is 3.10. The van der Waals surface area contributed by atoms with Gasteiger partial charge in [-0.25, -0.2) is 13.4 Å². The van der Waals surface area contributed by atoms with Gasteiger partial charge in [0.05, 0.1) is 10.2 Å². The summed E-state index contributed by atoms with van der Waals surface area (Å²) in [5.41, 5.74) is 0. The van der Waals surface area contributed by atoms with E-state index in [2.05, 4.69) is 44.8 Å². The molecule has 19 heavy (non-hydrogen) atoms. The molecule has 5 nitrogen and oxygen atoms in total. The predicted octanol–water partition coefficient (Wildman–Crippen LogP) is 2.36. The molecule has 0 aromatic carbocycles. The summed E-state index contributed by atoms with van der Waals surface area (Å²) in [6.07, 6.45) is 3.01. The summed E-state index contributed by atoms with van der Waals surface area (Å²) in [7, 11) is -3.33. The quantitative estimate of drug-likeness (QED) is 0.706. The number of hydrogen-bond acceptors (Lipinski definition) is 4. The van der Waals surface area contributed by atoms with Crippen molar-refractivity contribution in [2.24, 2.45) is 0 Å². The molecule has 108 valence electrons. The lowest BCUT2D eigenvalue weighted by Gasteiger charge is -2.09. The molecule has 2 N–H and O–H groups in total. The van der Waals surface area contributed by atoms with Gasteiger partial charge in [0.25, 0.3) is 0 Å². The second kappa shape index (κ2) is 7.81. The molecule has 0 aliphatic rings. The van der Waals surface area contributed by atoms with E-state index in [4.69, 9.17) is 0 Å². The van der Waals surface area contributed by atoms with Gasteiger partial charge < -0.3 is 5.32 Å². The van der Waals surface area contributed by atoms with Crippen molar-refractivity contribution < 1.29 is 8.42 Å². The second-order valence-corrected chi connectivity index (χ2v) is 7.27. The summed E-state index contributed by atoms with van der Waals surface area (Å²) in [6.45, 7) is 4.97. The minimum Gasteiger partial charge on any atom is -0.315 e.